The standard InChI is InChI=1S/C28H20N2O6/c31-20-10-8-19(9-11-20)30-27(33)24-15-14-23(16-25(24)28(30)34)36-22-12-6-18(7-13-22)29-26(32)17-35-21-4-2-1-3-5-21/h1-16,31H,17H2,(H,29,32). The van der Waals surface area contributed by atoms with E-state index in [1.807, 2.05) is 18.2 Å². The first-order valence-corrected chi connectivity index (χ1v) is 11.1. The number of benzene rings is 4. The molecule has 1 aliphatic rings. The van der Waals surface area contributed by atoms with Gasteiger partial charge >= 0.3 is 0 Å². The molecule has 4 aromatic carbocycles. The number of fused-ring (bicyclic) bond motifs is 1. The number of amides is 3. The van der Waals surface area contributed by atoms with Crippen LogP contribution in [0.1, 0.15) is 20.7 Å². The first-order chi connectivity index (χ1) is 17.5. The van der Waals surface area contributed by atoms with E-state index in [1.165, 1.54) is 30.3 Å². The van der Waals surface area contributed by atoms with E-state index >= 15 is 0 Å². The van der Waals surface area contributed by atoms with Gasteiger partial charge in [-0.1, -0.05) is 18.2 Å². The maximum atomic E-state index is 12.9. The molecule has 0 spiro atoms. The van der Waals surface area contributed by atoms with Crippen molar-refractivity contribution >= 4 is 29.1 Å². The first kappa shape index (κ1) is 22.7. The molecule has 0 atom stereocenters. The number of carbonyl (C=O) groups excluding carboxylic acids is 3. The fourth-order valence-corrected chi connectivity index (χ4v) is 3.72. The van der Waals surface area contributed by atoms with Crippen LogP contribution in [-0.4, -0.2) is 29.4 Å². The molecule has 2 N–H and O–H groups in total. The molecular weight excluding hydrogens is 460 g/mol. The SMILES string of the molecule is O=C(COc1ccccc1)Nc1ccc(Oc2ccc3c(c2)C(=O)N(c2ccc(O)cc2)C3=O)cc1. The highest BCUT2D eigenvalue weighted by atomic mass is 16.5. The Kier molecular flexibility index (Phi) is 6.07. The van der Waals surface area contributed by atoms with Crippen LogP contribution in [0.2, 0.25) is 0 Å². The zero-order valence-electron chi connectivity index (χ0n) is 18.9. The van der Waals surface area contributed by atoms with E-state index in [4.69, 9.17) is 9.47 Å². The van der Waals surface area contributed by atoms with E-state index in [2.05, 4.69) is 5.32 Å². The average molecular weight is 480 g/mol. The summed E-state index contributed by atoms with van der Waals surface area (Å²) in [6.07, 6.45) is 0. The zero-order valence-corrected chi connectivity index (χ0v) is 18.9. The number of anilines is 2. The summed E-state index contributed by atoms with van der Waals surface area (Å²) in [6, 6.07) is 26.3. The molecule has 8 nitrogen and oxygen atoms in total. The van der Waals surface area contributed by atoms with Crippen LogP contribution in [-0.2, 0) is 4.79 Å². The largest absolute Gasteiger partial charge is 0.508 e. The number of imide groups is 1. The van der Waals surface area contributed by atoms with Gasteiger partial charge in [-0.05, 0) is 78.9 Å². The summed E-state index contributed by atoms with van der Waals surface area (Å²) in [5.74, 6) is 0.309. The van der Waals surface area contributed by atoms with Gasteiger partial charge in [0.05, 0.1) is 16.8 Å². The number of hydrogen-bond donors (Lipinski definition) is 2. The number of ether oxygens (including phenoxy) is 2. The third-order valence-electron chi connectivity index (χ3n) is 5.45. The second-order valence-electron chi connectivity index (χ2n) is 7.95. The molecule has 0 aromatic heterocycles. The molecule has 1 heterocycles. The van der Waals surface area contributed by atoms with Gasteiger partial charge in [-0.25, -0.2) is 4.90 Å². The Morgan fingerprint density at radius 3 is 2.14 bits per heavy atom. The molecule has 0 saturated carbocycles. The van der Waals surface area contributed by atoms with Gasteiger partial charge in [-0.3, -0.25) is 14.4 Å². The highest BCUT2D eigenvalue weighted by molar-refractivity contribution is 6.34. The molecule has 0 aliphatic carbocycles. The lowest BCUT2D eigenvalue weighted by Crippen LogP contribution is -2.29. The van der Waals surface area contributed by atoms with Gasteiger partial charge in [-0.15, -0.1) is 0 Å². The minimum absolute atomic E-state index is 0.0390. The van der Waals surface area contributed by atoms with Gasteiger partial charge in [0, 0.05) is 5.69 Å². The Morgan fingerprint density at radius 2 is 1.42 bits per heavy atom. The van der Waals surface area contributed by atoms with Crippen molar-refractivity contribution in [1.29, 1.82) is 0 Å². The molecule has 4 aromatic rings. The lowest BCUT2D eigenvalue weighted by molar-refractivity contribution is -0.118. The number of carbonyl (C=O) groups is 3. The minimum atomic E-state index is -0.470. The number of aromatic hydroxyl groups is 1. The number of nitrogens with one attached hydrogen (secondary N) is 1. The molecular formula is C28H20N2O6. The van der Waals surface area contributed by atoms with E-state index in [1.54, 1.807) is 48.5 Å². The summed E-state index contributed by atoms with van der Waals surface area (Å²) in [4.78, 5) is 38.9. The molecule has 5 rings (SSSR count). The number of para-hydroxylation sites is 1. The summed E-state index contributed by atoms with van der Waals surface area (Å²) in [5, 5.41) is 12.2. The van der Waals surface area contributed by atoms with Gasteiger partial charge in [0.15, 0.2) is 6.61 Å². The number of hydrogen-bond acceptors (Lipinski definition) is 6. The van der Waals surface area contributed by atoms with Crippen molar-refractivity contribution in [1.82, 2.24) is 0 Å². The highest BCUT2D eigenvalue weighted by Crippen LogP contribution is 2.33. The topological polar surface area (TPSA) is 105 Å². The van der Waals surface area contributed by atoms with Crippen LogP contribution in [0.15, 0.2) is 97.1 Å². The second kappa shape index (κ2) is 9.63. The summed E-state index contributed by atoms with van der Waals surface area (Å²) >= 11 is 0. The van der Waals surface area contributed by atoms with Gasteiger partial charge in [0.25, 0.3) is 17.7 Å². The molecule has 0 radical (unpaired) electrons. The van der Waals surface area contributed by atoms with Crippen LogP contribution in [0.3, 0.4) is 0 Å². The molecule has 0 fully saturated rings. The van der Waals surface area contributed by atoms with Crippen molar-refractivity contribution in [3.63, 3.8) is 0 Å². The highest BCUT2D eigenvalue weighted by Gasteiger charge is 2.37. The summed E-state index contributed by atoms with van der Waals surface area (Å²) < 4.78 is 11.3. The van der Waals surface area contributed by atoms with Crippen molar-refractivity contribution in [2.45, 2.75) is 0 Å². The predicted molar refractivity (Wildman–Crippen MR) is 133 cm³/mol. The first-order valence-electron chi connectivity index (χ1n) is 11.1. The van der Waals surface area contributed by atoms with Gasteiger partial charge in [-0.2, -0.15) is 0 Å². The Hall–Kier alpha value is -5.11. The third kappa shape index (κ3) is 4.74. The fraction of sp³-hybridized carbons (Fsp3) is 0.0357. The molecule has 0 bridgehead atoms. The monoisotopic (exact) mass is 480 g/mol. The van der Waals surface area contributed by atoms with E-state index in [0.717, 1.165) is 4.90 Å². The number of phenolic OH excluding ortho intramolecular Hbond substituents is 1. The van der Waals surface area contributed by atoms with Crippen LogP contribution in [0, 0.1) is 0 Å². The van der Waals surface area contributed by atoms with Crippen molar-refractivity contribution in [2.24, 2.45) is 0 Å². The van der Waals surface area contributed by atoms with Crippen LogP contribution >= 0.6 is 0 Å². The Bertz CT molecular complexity index is 1430. The van der Waals surface area contributed by atoms with Gasteiger partial charge < -0.3 is 19.9 Å². The van der Waals surface area contributed by atoms with Crippen molar-refractivity contribution < 1.29 is 29.0 Å². The van der Waals surface area contributed by atoms with Crippen molar-refractivity contribution in [3.8, 4) is 23.0 Å². The number of nitrogens with zero attached hydrogens (tertiary/aromatic N) is 1. The molecule has 8 heteroatoms. The number of phenols is 1. The predicted octanol–water partition coefficient (Wildman–Crippen LogP) is 5.00. The summed E-state index contributed by atoms with van der Waals surface area (Å²) in [6.45, 7) is -0.120. The van der Waals surface area contributed by atoms with Gasteiger partial charge in [0.1, 0.15) is 23.0 Å². The lowest BCUT2D eigenvalue weighted by Gasteiger charge is -2.13. The van der Waals surface area contributed by atoms with Crippen LogP contribution in [0.5, 0.6) is 23.0 Å². The summed E-state index contributed by atoms with van der Waals surface area (Å²) in [5.41, 5.74) is 1.45. The van der Waals surface area contributed by atoms with Gasteiger partial charge in [0.2, 0.25) is 0 Å². The van der Waals surface area contributed by atoms with Crippen molar-refractivity contribution in [2.75, 3.05) is 16.8 Å². The van der Waals surface area contributed by atoms with E-state index in [0.29, 0.717) is 28.6 Å². The normalized spacial score (nSPS) is 12.3. The quantitative estimate of drug-likeness (QED) is 0.361. The molecule has 178 valence electrons. The smallest absolute Gasteiger partial charge is 0.266 e. The number of rotatable bonds is 7. The maximum Gasteiger partial charge on any atom is 0.266 e. The fourth-order valence-electron chi connectivity index (χ4n) is 3.72. The minimum Gasteiger partial charge on any atom is -0.508 e. The second-order valence-corrected chi connectivity index (χ2v) is 7.95. The molecule has 36 heavy (non-hydrogen) atoms. The Balaban J connectivity index is 1.23. The van der Waals surface area contributed by atoms with Crippen LogP contribution in [0.4, 0.5) is 11.4 Å². The van der Waals surface area contributed by atoms with Crippen LogP contribution < -0.4 is 19.7 Å². The lowest BCUT2D eigenvalue weighted by atomic mass is 10.1. The molecule has 1 aliphatic heterocycles. The maximum absolute atomic E-state index is 12.9. The Labute approximate surface area is 206 Å². The van der Waals surface area contributed by atoms with E-state index in [-0.39, 0.29) is 29.4 Å². The Morgan fingerprint density at radius 1 is 0.750 bits per heavy atom. The van der Waals surface area contributed by atoms with Crippen LogP contribution in [0.25, 0.3) is 0 Å². The van der Waals surface area contributed by atoms with E-state index < -0.39 is 11.8 Å². The molecule has 3 amide bonds. The zero-order chi connectivity index (χ0) is 25.1. The average Bonchev–Trinajstić information content (AvgIpc) is 3.14. The van der Waals surface area contributed by atoms with E-state index in [9.17, 15) is 19.5 Å². The van der Waals surface area contributed by atoms with Crippen molar-refractivity contribution in [3.05, 3.63) is 108 Å². The third-order valence-corrected chi connectivity index (χ3v) is 5.45. The summed E-state index contributed by atoms with van der Waals surface area (Å²) in [7, 11) is 0. The molecule has 0 unspecified atom stereocenters. The molecule has 0 saturated heterocycles.